The van der Waals surface area contributed by atoms with Crippen LogP contribution in [0.1, 0.15) is 31.4 Å². The molecule has 0 aliphatic rings. The lowest BCUT2D eigenvalue weighted by Gasteiger charge is -2.07. The van der Waals surface area contributed by atoms with Gasteiger partial charge < -0.3 is 5.32 Å². The maximum absolute atomic E-state index is 4.44. The second kappa shape index (κ2) is 5.77. The van der Waals surface area contributed by atoms with Gasteiger partial charge in [-0.1, -0.05) is 13.8 Å². The lowest BCUT2D eigenvalue weighted by molar-refractivity contribution is 0.780. The van der Waals surface area contributed by atoms with Gasteiger partial charge in [0.25, 0.3) is 0 Å². The summed E-state index contributed by atoms with van der Waals surface area (Å²) in [6.07, 6.45) is 3.53. The second-order valence-electron chi connectivity index (χ2n) is 5.00. The van der Waals surface area contributed by atoms with Crippen LogP contribution in [0.4, 0.5) is 5.82 Å². The lowest BCUT2D eigenvalue weighted by atomic mass is 10.2. The number of hydrogen-bond donors (Lipinski definition) is 2. The van der Waals surface area contributed by atoms with Crippen molar-refractivity contribution in [3.05, 3.63) is 40.6 Å². The minimum absolute atomic E-state index is 0.309. The number of nitrogens with one attached hydrogen (secondary N) is 2. The molecule has 0 fully saturated rings. The number of nitrogens with zero attached hydrogens (tertiary/aromatic N) is 4. The average molecular weight is 347 g/mol. The molecule has 3 rings (SSSR count). The van der Waals surface area contributed by atoms with Gasteiger partial charge in [0.15, 0.2) is 11.6 Å². The van der Waals surface area contributed by atoms with E-state index in [4.69, 9.17) is 0 Å². The number of rotatable bonds is 4. The first-order valence-electron chi connectivity index (χ1n) is 6.69. The summed E-state index contributed by atoms with van der Waals surface area (Å²) in [6, 6.07) is 3.91. The predicted octanol–water partition coefficient (Wildman–Crippen LogP) is 3.25. The second-order valence-corrected chi connectivity index (χ2v) is 5.86. The number of fused-ring (bicyclic) bond motifs is 1. The van der Waals surface area contributed by atoms with Crippen molar-refractivity contribution in [1.29, 1.82) is 0 Å². The molecule has 0 atom stereocenters. The van der Waals surface area contributed by atoms with Crippen LogP contribution in [0.3, 0.4) is 0 Å². The summed E-state index contributed by atoms with van der Waals surface area (Å²) in [5.41, 5.74) is 0.829. The van der Waals surface area contributed by atoms with Crippen molar-refractivity contribution in [2.24, 2.45) is 0 Å². The van der Waals surface area contributed by atoms with Crippen molar-refractivity contribution in [2.45, 2.75) is 26.3 Å². The Morgan fingerprint density at radius 1 is 1.33 bits per heavy atom. The number of halogens is 1. The fourth-order valence-electron chi connectivity index (χ4n) is 1.98. The Morgan fingerprint density at radius 2 is 2.19 bits per heavy atom. The first-order valence-corrected chi connectivity index (χ1v) is 7.48. The molecule has 0 unspecified atom stereocenters. The third kappa shape index (κ3) is 2.87. The van der Waals surface area contributed by atoms with E-state index in [2.05, 4.69) is 60.2 Å². The Hall–Kier alpha value is -2.02. The van der Waals surface area contributed by atoms with Gasteiger partial charge in [0.1, 0.15) is 11.3 Å². The van der Waals surface area contributed by atoms with Crippen LogP contribution in [0.2, 0.25) is 0 Å². The summed E-state index contributed by atoms with van der Waals surface area (Å²) >= 11 is 3.49. The first kappa shape index (κ1) is 13.9. The maximum Gasteiger partial charge on any atom is 0.153 e. The van der Waals surface area contributed by atoms with Gasteiger partial charge >= 0.3 is 0 Å². The van der Waals surface area contributed by atoms with Gasteiger partial charge in [-0.3, -0.25) is 10.1 Å². The zero-order chi connectivity index (χ0) is 14.8. The summed E-state index contributed by atoms with van der Waals surface area (Å²) in [5.74, 6) is 2.64. The van der Waals surface area contributed by atoms with Crippen LogP contribution in [-0.2, 0) is 6.54 Å². The van der Waals surface area contributed by atoms with Gasteiger partial charge in [-0.15, -0.1) is 0 Å². The molecule has 0 spiro atoms. The zero-order valence-corrected chi connectivity index (χ0v) is 13.3. The fourth-order valence-corrected chi connectivity index (χ4v) is 2.41. The van der Waals surface area contributed by atoms with Crippen molar-refractivity contribution in [3.63, 3.8) is 0 Å². The number of hydrogen-bond acceptors (Lipinski definition) is 5. The highest BCUT2D eigenvalue weighted by molar-refractivity contribution is 9.10. The molecule has 0 saturated heterocycles. The minimum Gasteiger partial charge on any atom is -0.361 e. The molecule has 3 heterocycles. The molecule has 0 radical (unpaired) electrons. The minimum atomic E-state index is 0.309. The topological polar surface area (TPSA) is 79.4 Å². The van der Waals surface area contributed by atoms with Gasteiger partial charge in [-0.25, -0.2) is 9.97 Å². The van der Waals surface area contributed by atoms with E-state index in [0.29, 0.717) is 12.5 Å². The molecule has 0 aromatic carbocycles. The normalized spacial score (nSPS) is 11.2. The Labute approximate surface area is 130 Å². The molecule has 108 valence electrons. The van der Waals surface area contributed by atoms with E-state index < -0.39 is 0 Å². The van der Waals surface area contributed by atoms with Gasteiger partial charge in [-0.05, 0) is 28.1 Å². The van der Waals surface area contributed by atoms with E-state index in [-0.39, 0.29) is 0 Å². The SMILES string of the molecule is CC(C)c1n[nH]c(CNc2ncc(Br)c3cccnc23)n1. The first-order chi connectivity index (χ1) is 10.1. The van der Waals surface area contributed by atoms with Crippen molar-refractivity contribution < 1.29 is 0 Å². The number of anilines is 1. The molecule has 0 aliphatic carbocycles. The Morgan fingerprint density at radius 3 is 2.95 bits per heavy atom. The van der Waals surface area contributed by atoms with Gasteiger partial charge in [-0.2, -0.15) is 5.10 Å². The molecule has 0 amide bonds. The highest BCUT2D eigenvalue weighted by Crippen LogP contribution is 2.26. The highest BCUT2D eigenvalue weighted by Gasteiger charge is 2.09. The van der Waals surface area contributed by atoms with E-state index in [0.717, 1.165) is 32.8 Å². The van der Waals surface area contributed by atoms with Crippen LogP contribution in [-0.4, -0.2) is 25.1 Å². The largest absolute Gasteiger partial charge is 0.361 e. The molecule has 0 bridgehead atoms. The van der Waals surface area contributed by atoms with E-state index in [1.54, 1.807) is 12.4 Å². The van der Waals surface area contributed by atoms with Crippen molar-refractivity contribution >= 4 is 32.7 Å². The van der Waals surface area contributed by atoms with Crippen LogP contribution < -0.4 is 5.32 Å². The third-order valence-corrected chi connectivity index (χ3v) is 3.72. The molecular weight excluding hydrogens is 332 g/mol. The molecule has 3 aromatic rings. The van der Waals surface area contributed by atoms with Crippen molar-refractivity contribution in [1.82, 2.24) is 25.1 Å². The summed E-state index contributed by atoms with van der Waals surface area (Å²) in [6.45, 7) is 4.65. The zero-order valence-electron chi connectivity index (χ0n) is 11.8. The van der Waals surface area contributed by atoms with Gasteiger partial charge in [0.2, 0.25) is 0 Å². The molecule has 3 aromatic heterocycles. The van der Waals surface area contributed by atoms with Gasteiger partial charge in [0.05, 0.1) is 6.54 Å². The Bertz CT molecular complexity index is 767. The van der Waals surface area contributed by atoms with E-state index in [1.807, 2.05) is 12.1 Å². The molecule has 6 nitrogen and oxygen atoms in total. The van der Waals surface area contributed by atoms with Crippen LogP contribution in [0.15, 0.2) is 29.0 Å². The van der Waals surface area contributed by atoms with Crippen molar-refractivity contribution in [2.75, 3.05) is 5.32 Å². The molecule has 21 heavy (non-hydrogen) atoms. The highest BCUT2D eigenvalue weighted by atomic mass is 79.9. The molecule has 0 saturated carbocycles. The lowest BCUT2D eigenvalue weighted by Crippen LogP contribution is -2.04. The number of aromatic amines is 1. The molecule has 0 aliphatic heterocycles. The summed E-state index contributed by atoms with van der Waals surface area (Å²) in [7, 11) is 0. The predicted molar refractivity (Wildman–Crippen MR) is 85.0 cm³/mol. The van der Waals surface area contributed by atoms with Crippen LogP contribution in [0, 0.1) is 0 Å². The van der Waals surface area contributed by atoms with E-state index in [1.165, 1.54) is 0 Å². The van der Waals surface area contributed by atoms with Crippen LogP contribution in [0.5, 0.6) is 0 Å². The van der Waals surface area contributed by atoms with E-state index >= 15 is 0 Å². The molecular formula is C14H15BrN6. The third-order valence-electron chi connectivity index (χ3n) is 3.09. The van der Waals surface area contributed by atoms with Crippen LogP contribution >= 0.6 is 15.9 Å². The summed E-state index contributed by atoms with van der Waals surface area (Å²) in [4.78, 5) is 13.2. The monoisotopic (exact) mass is 346 g/mol. The van der Waals surface area contributed by atoms with Crippen molar-refractivity contribution in [3.8, 4) is 0 Å². The van der Waals surface area contributed by atoms with Crippen LogP contribution in [0.25, 0.3) is 10.9 Å². The summed E-state index contributed by atoms with van der Waals surface area (Å²) < 4.78 is 0.929. The number of aromatic nitrogens is 5. The van der Waals surface area contributed by atoms with Gasteiger partial charge in [0, 0.05) is 28.2 Å². The standard InChI is InChI=1S/C14H15BrN6/c1-8(2)13-19-11(20-21-13)7-18-14-12-9(4-3-5-16-12)10(15)6-17-14/h3-6,8H,7H2,1-2H3,(H,17,18)(H,19,20,21). The smallest absolute Gasteiger partial charge is 0.153 e. The number of pyridine rings is 2. The average Bonchev–Trinajstić information content (AvgIpc) is 2.96. The Balaban J connectivity index is 1.83. The summed E-state index contributed by atoms with van der Waals surface area (Å²) in [5, 5.41) is 11.4. The molecule has 7 heteroatoms. The maximum atomic E-state index is 4.44. The Kier molecular flexibility index (Phi) is 3.83. The van der Waals surface area contributed by atoms with E-state index in [9.17, 15) is 0 Å². The quantitative estimate of drug-likeness (QED) is 0.757. The fraction of sp³-hybridized carbons (Fsp3) is 0.286. The molecule has 2 N–H and O–H groups in total. The number of H-pyrrole nitrogens is 1.